The summed E-state index contributed by atoms with van der Waals surface area (Å²) in [7, 11) is -3.13. The van der Waals surface area contributed by atoms with Crippen LogP contribution in [0.1, 0.15) is 0 Å². The number of nitrogens with one attached hydrogen (secondary N) is 1. The lowest BCUT2D eigenvalue weighted by Crippen LogP contribution is -2.39. The molecule has 0 aromatic heterocycles. The molecule has 1 N–H and O–H groups in total. The molecule has 0 bridgehead atoms. The van der Waals surface area contributed by atoms with Crippen molar-refractivity contribution in [1.82, 2.24) is 0 Å². The van der Waals surface area contributed by atoms with E-state index >= 15 is 0 Å². The van der Waals surface area contributed by atoms with Gasteiger partial charge < -0.3 is 10.2 Å². The minimum absolute atomic E-state index is 0.0316. The Morgan fingerprint density at radius 2 is 2.00 bits per heavy atom. The van der Waals surface area contributed by atoms with Crippen LogP contribution in [-0.2, 0) is 14.6 Å². The molecule has 29 heavy (non-hydrogen) atoms. The topological polar surface area (TPSA) is 78.8 Å². The number of rotatable bonds is 4. The van der Waals surface area contributed by atoms with E-state index in [9.17, 15) is 13.2 Å². The predicted molar refractivity (Wildman–Crippen MR) is 123 cm³/mol. The van der Waals surface area contributed by atoms with Crippen molar-refractivity contribution in [3.63, 3.8) is 0 Å². The number of carbonyl (C=O) groups is 1. The largest absolute Gasteiger partial charge is 0.325 e. The first kappa shape index (κ1) is 20.7. The molecule has 10 heteroatoms. The maximum atomic E-state index is 12.4. The van der Waals surface area contributed by atoms with Gasteiger partial charge in [-0.2, -0.15) is 0 Å². The molecule has 0 spiro atoms. The van der Waals surface area contributed by atoms with Crippen molar-refractivity contribution in [2.24, 2.45) is 4.99 Å². The molecular weight excluding hydrogens is 498 g/mol. The summed E-state index contributed by atoms with van der Waals surface area (Å²) >= 11 is 10.8. The van der Waals surface area contributed by atoms with E-state index < -0.39 is 9.84 Å². The SMILES string of the molecule is O=C(CSC1=NC2CS(=O)(=O)CC2N1c1cccc(Cl)c1)Nc1ccc(Br)cc1. The van der Waals surface area contributed by atoms with Gasteiger partial charge in [-0.05, 0) is 42.5 Å². The van der Waals surface area contributed by atoms with Gasteiger partial charge in [0.25, 0.3) is 0 Å². The van der Waals surface area contributed by atoms with Crippen LogP contribution < -0.4 is 10.2 Å². The maximum Gasteiger partial charge on any atom is 0.234 e. The van der Waals surface area contributed by atoms with Crippen molar-refractivity contribution < 1.29 is 13.2 Å². The molecule has 152 valence electrons. The second-order valence-corrected chi connectivity index (χ2v) is 11.3. The third kappa shape index (κ3) is 4.79. The number of hydrogen-bond acceptors (Lipinski definition) is 6. The Morgan fingerprint density at radius 3 is 2.72 bits per heavy atom. The van der Waals surface area contributed by atoms with E-state index in [1.54, 1.807) is 12.1 Å². The van der Waals surface area contributed by atoms with Gasteiger partial charge in [0, 0.05) is 20.9 Å². The van der Waals surface area contributed by atoms with Crippen LogP contribution in [0.3, 0.4) is 0 Å². The first-order valence-corrected chi connectivity index (χ1v) is 12.8. The Balaban J connectivity index is 1.50. The number of carbonyl (C=O) groups excluding carboxylic acids is 1. The van der Waals surface area contributed by atoms with Gasteiger partial charge in [-0.1, -0.05) is 45.4 Å². The highest BCUT2D eigenvalue weighted by molar-refractivity contribution is 9.10. The molecule has 6 nitrogen and oxygen atoms in total. The third-order valence-electron chi connectivity index (χ3n) is 4.65. The lowest BCUT2D eigenvalue weighted by atomic mass is 10.1. The predicted octanol–water partition coefficient (Wildman–Crippen LogP) is 3.82. The average Bonchev–Trinajstić information content (AvgIpc) is 3.13. The highest BCUT2D eigenvalue weighted by atomic mass is 79.9. The Kier molecular flexibility index (Phi) is 5.92. The molecule has 0 saturated carbocycles. The van der Waals surface area contributed by atoms with Gasteiger partial charge in [0.2, 0.25) is 5.91 Å². The van der Waals surface area contributed by atoms with Gasteiger partial charge in [0.05, 0.1) is 29.3 Å². The number of sulfone groups is 1. The molecule has 1 amide bonds. The van der Waals surface area contributed by atoms with Crippen LogP contribution in [0.5, 0.6) is 0 Å². The van der Waals surface area contributed by atoms with E-state index in [0.717, 1.165) is 10.2 Å². The average molecular weight is 515 g/mol. The van der Waals surface area contributed by atoms with Crippen molar-refractivity contribution in [2.75, 3.05) is 27.5 Å². The second kappa shape index (κ2) is 8.29. The molecule has 2 aromatic carbocycles. The van der Waals surface area contributed by atoms with Gasteiger partial charge in [0.1, 0.15) is 0 Å². The highest BCUT2D eigenvalue weighted by Crippen LogP contribution is 2.35. The zero-order chi connectivity index (χ0) is 20.6. The Hall–Kier alpha value is -1.55. The number of thioether (sulfide) groups is 1. The lowest BCUT2D eigenvalue weighted by Gasteiger charge is -2.26. The summed E-state index contributed by atoms with van der Waals surface area (Å²) in [5.74, 6) is 0.0842. The number of fused-ring (bicyclic) bond motifs is 1. The number of hydrogen-bond donors (Lipinski definition) is 1. The van der Waals surface area contributed by atoms with Crippen LogP contribution in [0.2, 0.25) is 5.02 Å². The molecule has 2 heterocycles. The van der Waals surface area contributed by atoms with Crippen molar-refractivity contribution in [3.8, 4) is 0 Å². The number of halogens is 2. The quantitative estimate of drug-likeness (QED) is 0.671. The zero-order valence-electron chi connectivity index (χ0n) is 15.1. The van der Waals surface area contributed by atoms with E-state index in [1.807, 2.05) is 41.3 Å². The van der Waals surface area contributed by atoms with E-state index in [4.69, 9.17) is 11.6 Å². The van der Waals surface area contributed by atoms with Crippen molar-refractivity contribution in [1.29, 1.82) is 0 Å². The van der Waals surface area contributed by atoms with Crippen LogP contribution in [0.15, 0.2) is 58.0 Å². The molecule has 2 unspecified atom stereocenters. The van der Waals surface area contributed by atoms with Crippen molar-refractivity contribution in [3.05, 3.63) is 58.0 Å². The number of benzene rings is 2. The van der Waals surface area contributed by atoms with E-state index in [2.05, 4.69) is 26.2 Å². The fourth-order valence-electron chi connectivity index (χ4n) is 3.42. The smallest absolute Gasteiger partial charge is 0.234 e. The molecule has 0 radical (unpaired) electrons. The minimum Gasteiger partial charge on any atom is -0.325 e. The van der Waals surface area contributed by atoms with Gasteiger partial charge in [-0.3, -0.25) is 9.79 Å². The molecule has 2 atom stereocenters. The van der Waals surface area contributed by atoms with Gasteiger partial charge >= 0.3 is 0 Å². The van der Waals surface area contributed by atoms with Gasteiger partial charge in [-0.15, -0.1) is 0 Å². The summed E-state index contributed by atoms with van der Waals surface area (Å²) in [6.07, 6.45) is 0. The summed E-state index contributed by atoms with van der Waals surface area (Å²) in [6.45, 7) is 0. The number of nitrogens with zero attached hydrogens (tertiary/aromatic N) is 2. The second-order valence-electron chi connectivity index (χ2n) is 6.82. The van der Waals surface area contributed by atoms with Gasteiger partial charge in [-0.25, -0.2) is 8.42 Å². The highest BCUT2D eigenvalue weighted by Gasteiger charge is 2.47. The van der Waals surface area contributed by atoms with Gasteiger partial charge in [0.15, 0.2) is 15.0 Å². The van der Waals surface area contributed by atoms with Crippen molar-refractivity contribution >= 4 is 71.6 Å². The molecule has 2 aliphatic rings. The molecule has 2 aromatic rings. The summed E-state index contributed by atoms with van der Waals surface area (Å²) < 4.78 is 25.1. The summed E-state index contributed by atoms with van der Waals surface area (Å²) in [5.41, 5.74) is 1.49. The first-order chi connectivity index (χ1) is 13.8. The Morgan fingerprint density at radius 1 is 1.24 bits per heavy atom. The van der Waals surface area contributed by atoms with Crippen LogP contribution in [-0.4, -0.2) is 48.8 Å². The molecule has 0 aliphatic carbocycles. The van der Waals surface area contributed by atoms with E-state index in [-0.39, 0.29) is 35.2 Å². The number of amides is 1. The molecule has 1 saturated heterocycles. The number of aliphatic imine (C=N–C) groups is 1. The third-order valence-corrected chi connectivity index (χ3v) is 8.08. The summed E-state index contributed by atoms with van der Waals surface area (Å²) in [6, 6.07) is 14.0. The zero-order valence-corrected chi connectivity index (χ0v) is 19.1. The monoisotopic (exact) mass is 513 g/mol. The number of amidine groups is 1. The molecule has 4 rings (SSSR count). The van der Waals surface area contributed by atoms with Crippen molar-refractivity contribution in [2.45, 2.75) is 12.1 Å². The lowest BCUT2D eigenvalue weighted by molar-refractivity contribution is -0.113. The Bertz CT molecular complexity index is 1080. The van der Waals surface area contributed by atoms with Crippen LogP contribution in [0.4, 0.5) is 11.4 Å². The normalized spacial score (nSPS) is 22.3. The summed E-state index contributed by atoms with van der Waals surface area (Å²) in [4.78, 5) is 18.9. The molecular formula is C19H17BrClN3O3S2. The Labute approximate surface area is 186 Å². The molecule has 2 aliphatic heterocycles. The van der Waals surface area contributed by atoms with E-state index in [1.165, 1.54) is 11.8 Å². The van der Waals surface area contributed by atoms with Crippen LogP contribution in [0.25, 0.3) is 0 Å². The maximum absolute atomic E-state index is 12.4. The minimum atomic E-state index is -3.13. The van der Waals surface area contributed by atoms with E-state index in [0.29, 0.717) is 15.9 Å². The summed E-state index contributed by atoms with van der Waals surface area (Å²) in [5, 5.41) is 4.05. The number of anilines is 2. The fourth-order valence-corrected chi connectivity index (χ4v) is 6.64. The standard InChI is InChI=1S/C19H17BrClN3O3S2/c20-12-4-6-14(7-5-12)22-18(25)9-28-19-23-16-10-29(26,27)11-17(16)24(19)15-3-1-2-13(21)8-15/h1-8,16-17H,9-11H2,(H,22,25). The molecule has 1 fully saturated rings. The van der Waals surface area contributed by atoms with Crippen LogP contribution >= 0.6 is 39.3 Å². The first-order valence-electron chi connectivity index (χ1n) is 8.82. The van der Waals surface area contributed by atoms with Crippen LogP contribution in [0, 0.1) is 0 Å². The fraction of sp³-hybridized carbons (Fsp3) is 0.263.